The lowest BCUT2D eigenvalue weighted by molar-refractivity contribution is -0.123. The number of carbonyl (C=O) groups is 1. The predicted molar refractivity (Wildman–Crippen MR) is 71.1 cm³/mol. The number of benzene rings is 1. The van der Waals surface area contributed by atoms with E-state index in [1.807, 2.05) is 6.92 Å². The Hall–Kier alpha value is -1.13. The zero-order valence-electron chi connectivity index (χ0n) is 10.3. The van der Waals surface area contributed by atoms with Crippen LogP contribution in [0.3, 0.4) is 0 Å². The Morgan fingerprint density at radius 3 is 2.67 bits per heavy atom. The van der Waals surface area contributed by atoms with Gasteiger partial charge in [0.2, 0.25) is 5.91 Å². The number of nitrogens with one attached hydrogen (secondary N) is 1. The second-order valence-corrected chi connectivity index (χ2v) is 4.83. The largest absolute Gasteiger partial charge is 0.352 e. The molecule has 1 aromatic carbocycles. The number of hydrogen-bond acceptors (Lipinski definition) is 2. The van der Waals surface area contributed by atoms with Gasteiger partial charge in [-0.25, -0.2) is 4.39 Å². The van der Waals surface area contributed by atoms with Crippen molar-refractivity contribution < 1.29 is 9.18 Å². The number of carbonyl (C=O) groups excluding carboxylic acids is 1. The van der Waals surface area contributed by atoms with Gasteiger partial charge in [0.25, 0.3) is 0 Å². The first-order chi connectivity index (χ1) is 8.01. The maximum absolute atomic E-state index is 13.4. The van der Waals surface area contributed by atoms with Crippen LogP contribution in [0.25, 0.3) is 0 Å². The van der Waals surface area contributed by atoms with Crippen molar-refractivity contribution in [1.29, 1.82) is 0 Å². The first kappa shape index (κ1) is 14.9. The third-order valence-electron chi connectivity index (χ3n) is 3.10. The zero-order valence-corrected chi connectivity index (χ0v) is 11.1. The summed E-state index contributed by atoms with van der Waals surface area (Å²) in [6.45, 7) is 1.86. The lowest BCUT2D eigenvalue weighted by Crippen LogP contribution is -2.46. The molecule has 1 saturated carbocycles. The van der Waals surface area contributed by atoms with Crippen LogP contribution >= 0.6 is 12.4 Å². The van der Waals surface area contributed by atoms with Crippen molar-refractivity contribution in [3.8, 4) is 0 Å². The van der Waals surface area contributed by atoms with Gasteiger partial charge in [0.1, 0.15) is 5.82 Å². The molecule has 1 aromatic rings. The lowest BCUT2D eigenvalue weighted by Gasteiger charge is -2.17. The van der Waals surface area contributed by atoms with Crippen LogP contribution in [-0.4, -0.2) is 17.5 Å². The van der Waals surface area contributed by atoms with E-state index in [1.165, 1.54) is 6.07 Å². The van der Waals surface area contributed by atoms with Crippen molar-refractivity contribution in [2.45, 2.75) is 37.8 Å². The van der Waals surface area contributed by atoms with Gasteiger partial charge < -0.3 is 11.1 Å². The summed E-state index contributed by atoms with van der Waals surface area (Å²) in [7, 11) is 0. The molecule has 1 aliphatic rings. The smallest absolute Gasteiger partial charge is 0.240 e. The fourth-order valence-corrected chi connectivity index (χ4v) is 1.77. The van der Waals surface area contributed by atoms with Crippen molar-refractivity contribution in [2.24, 2.45) is 5.73 Å². The van der Waals surface area contributed by atoms with Gasteiger partial charge in [-0.15, -0.1) is 12.4 Å². The molecule has 0 saturated heterocycles. The molecular weight excluding hydrogens is 255 g/mol. The summed E-state index contributed by atoms with van der Waals surface area (Å²) in [4.78, 5) is 11.7. The molecule has 1 unspecified atom stereocenters. The van der Waals surface area contributed by atoms with Crippen molar-refractivity contribution >= 4 is 18.3 Å². The zero-order chi connectivity index (χ0) is 12.5. The minimum absolute atomic E-state index is 0. The molecule has 3 N–H and O–H groups in total. The van der Waals surface area contributed by atoms with Crippen LogP contribution in [0.4, 0.5) is 4.39 Å². The highest BCUT2D eigenvalue weighted by atomic mass is 35.5. The molecule has 0 heterocycles. The van der Waals surface area contributed by atoms with E-state index in [0.29, 0.717) is 12.0 Å². The molecule has 0 spiro atoms. The second kappa shape index (κ2) is 5.67. The molecule has 3 nitrogen and oxygen atoms in total. The summed E-state index contributed by atoms with van der Waals surface area (Å²) in [6, 6.07) is 6.49. The molecule has 18 heavy (non-hydrogen) atoms. The van der Waals surface area contributed by atoms with Crippen molar-refractivity contribution in [3.63, 3.8) is 0 Å². The molecule has 0 bridgehead atoms. The monoisotopic (exact) mass is 272 g/mol. The fourth-order valence-electron chi connectivity index (χ4n) is 1.77. The quantitative estimate of drug-likeness (QED) is 0.878. The number of hydrogen-bond donors (Lipinski definition) is 2. The van der Waals surface area contributed by atoms with E-state index in [1.54, 1.807) is 18.2 Å². The molecule has 1 aliphatic carbocycles. The van der Waals surface area contributed by atoms with Crippen molar-refractivity contribution in [1.82, 2.24) is 5.32 Å². The van der Waals surface area contributed by atoms with Crippen LogP contribution in [0.2, 0.25) is 0 Å². The standard InChI is InChI=1S/C13H17FN2O.ClH/c1-9(16-12(17)13(15)6-7-13)8-10-4-2-3-5-11(10)14;/h2-5,9H,6-8,15H2,1H3,(H,16,17);1H. The van der Waals surface area contributed by atoms with Gasteiger partial charge in [0, 0.05) is 6.04 Å². The molecule has 1 fully saturated rings. The summed E-state index contributed by atoms with van der Waals surface area (Å²) >= 11 is 0. The predicted octanol–water partition coefficient (Wildman–Crippen LogP) is 1.79. The summed E-state index contributed by atoms with van der Waals surface area (Å²) in [6.07, 6.45) is 1.96. The normalized spacial score (nSPS) is 17.5. The van der Waals surface area contributed by atoms with Gasteiger partial charge in [0.15, 0.2) is 0 Å². The molecular formula is C13H18ClFN2O. The van der Waals surface area contributed by atoms with Gasteiger partial charge in [0.05, 0.1) is 5.54 Å². The minimum Gasteiger partial charge on any atom is -0.352 e. The van der Waals surface area contributed by atoms with Gasteiger partial charge >= 0.3 is 0 Å². The Labute approximate surface area is 112 Å². The van der Waals surface area contributed by atoms with Crippen molar-refractivity contribution in [3.05, 3.63) is 35.6 Å². The van der Waals surface area contributed by atoms with E-state index in [0.717, 1.165) is 12.8 Å². The first-order valence-corrected chi connectivity index (χ1v) is 5.84. The van der Waals surface area contributed by atoms with Crippen molar-refractivity contribution in [2.75, 3.05) is 0 Å². The number of nitrogens with two attached hydrogens (primary N) is 1. The topological polar surface area (TPSA) is 55.1 Å². The van der Waals surface area contributed by atoms with Crippen LogP contribution in [-0.2, 0) is 11.2 Å². The van der Waals surface area contributed by atoms with Crippen LogP contribution in [0, 0.1) is 5.82 Å². The molecule has 1 amide bonds. The molecule has 2 rings (SSSR count). The summed E-state index contributed by atoms with van der Waals surface area (Å²) in [5.74, 6) is -0.358. The number of halogens is 2. The summed E-state index contributed by atoms with van der Waals surface area (Å²) < 4.78 is 13.4. The average molecular weight is 273 g/mol. The van der Waals surface area contributed by atoms with Crippen LogP contribution < -0.4 is 11.1 Å². The highest BCUT2D eigenvalue weighted by molar-refractivity contribution is 5.89. The van der Waals surface area contributed by atoms with E-state index in [-0.39, 0.29) is 30.2 Å². The van der Waals surface area contributed by atoms with E-state index in [4.69, 9.17) is 5.73 Å². The summed E-state index contributed by atoms with van der Waals surface area (Å²) in [5, 5.41) is 2.83. The molecule has 0 aliphatic heterocycles. The van der Waals surface area contributed by atoms with Gasteiger partial charge in [-0.2, -0.15) is 0 Å². The van der Waals surface area contributed by atoms with Crippen LogP contribution in [0.1, 0.15) is 25.3 Å². The lowest BCUT2D eigenvalue weighted by atomic mass is 10.1. The third kappa shape index (κ3) is 3.43. The van der Waals surface area contributed by atoms with Gasteiger partial charge in [-0.3, -0.25) is 4.79 Å². The minimum atomic E-state index is -0.663. The second-order valence-electron chi connectivity index (χ2n) is 4.83. The maximum atomic E-state index is 13.4. The van der Waals surface area contributed by atoms with Crippen LogP contribution in [0.5, 0.6) is 0 Å². The van der Waals surface area contributed by atoms with E-state index in [9.17, 15) is 9.18 Å². The Bertz CT molecular complexity index is 435. The Morgan fingerprint density at radius 1 is 1.50 bits per heavy atom. The maximum Gasteiger partial charge on any atom is 0.240 e. The molecule has 1 atom stereocenters. The third-order valence-corrected chi connectivity index (χ3v) is 3.10. The molecule has 0 radical (unpaired) electrons. The molecule has 0 aromatic heterocycles. The first-order valence-electron chi connectivity index (χ1n) is 5.84. The Balaban J connectivity index is 0.00000162. The van der Waals surface area contributed by atoms with Crippen LogP contribution in [0.15, 0.2) is 24.3 Å². The van der Waals surface area contributed by atoms with Gasteiger partial charge in [-0.1, -0.05) is 18.2 Å². The Morgan fingerprint density at radius 2 is 2.11 bits per heavy atom. The highest BCUT2D eigenvalue weighted by Crippen LogP contribution is 2.32. The summed E-state index contributed by atoms with van der Waals surface area (Å²) in [5.41, 5.74) is 5.73. The average Bonchev–Trinajstić information content (AvgIpc) is 3.01. The van der Waals surface area contributed by atoms with E-state index >= 15 is 0 Å². The van der Waals surface area contributed by atoms with Gasteiger partial charge in [-0.05, 0) is 37.8 Å². The fraction of sp³-hybridized carbons (Fsp3) is 0.462. The highest BCUT2D eigenvalue weighted by Gasteiger charge is 2.46. The molecule has 100 valence electrons. The van der Waals surface area contributed by atoms with E-state index < -0.39 is 5.54 Å². The number of amides is 1. The Kier molecular flexibility index (Phi) is 4.71. The molecule has 5 heteroatoms. The SMILES string of the molecule is CC(Cc1ccccc1F)NC(=O)C1(N)CC1.Cl. The van der Waals surface area contributed by atoms with E-state index in [2.05, 4.69) is 5.32 Å². The number of rotatable bonds is 4.